The summed E-state index contributed by atoms with van der Waals surface area (Å²) in [7, 11) is 0. The third-order valence-electron chi connectivity index (χ3n) is 4.92. The van der Waals surface area contributed by atoms with Crippen LogP contribution in [0.1, 0.15) is 46.5 Å². The molecule has 4 heteroatoms. The molecule has 21 heavy (non-hydrogen) atoms. The second kappa shape index (κ2) is 3.71. The first-order valence-electron chi connectivity index (χ1n) is 7.05. The predicted octanol–water partition coefficient (Wildman–Crippen LogP) is 2.42. The van der Waals surface area contributed by atoms with Crippen LogP contribution in [0, 0.1) is 0 Å². The summed E-state index contributed by atoms with van der Waals surface area (Å²) in [5.74, 6) is -0.889. The van der Waals surface area contributed by atoms with Gasteiger partial charge in [0.15, 0.2) is 0 Å². The van der Waals surface area contributed by atoms with Crippen molar-refractivity contribution in [2.45, 2.75) is 31.3 Å². The zero-order chi connectivity index (χ0) is 14.8. The van der Waals surface area contributed by atoms with Gasteiger partial charge in [-0.3, -0.25) is 10.3 Å². The Hall–Kier alpha value is -2.20. The molecule has 0 spiro atoms. The molecular weight excluding hydrogens is 264 g/mol. The Balaban J connectivity index is 2.03. The molecule has 2 aliphatic rings. The van der Waals surface area contributed by atoms with E-state index in [1.807, 2.05) is 18.5 Å². The lowest BCUT2D eigenvalue weighted by atomic mass is 9.81. The van der Waals surface area contributed by atoms with E-state index in [1.165, 1.54) is 11.1 Å². The molecule has 1 aromatic heterocycles. The van der Waals surface area contributed by atoms with E-state index in [9.17, 15) is 9.90 Å². The van der Waals surface area contributed by atoms with E-state index < -0.39 is 5.97 Å². The Morgan fingerprint density at radius 1 is 1.24 bits per heavy atom. The van der Waals surface area contributed by atoms with Crippen molar-refractivity contribution < 1.29 is 9.90 Å². The Kier molecular flexibility index (Phi) is 2.21. The second-order valence-corrected chi connectivity index (χ2v) is 6.36. The quantitative estimate of drug-likeness (QED) is 0.842. The molecule has 0 saturated carbocycles. The van der Waals surface area contributed by atoms with E-state index in [-0.39, 0.29) is 11.1 Å². The Morgan fingerprint density at radius 2 is 2.05 bits per heavy atom. The molecule has 0 radical (unpaired) electrons. The van der Waals surface area contributed by atoms with Crippen LogP contribution in [-0.4, -0.2) is 16.1 Å². The molecule has 2 N–H and O–H groups in total. The van der Waals surface area contributed by atoms with Crippen LogP contribution in [0.15, 0.2) is 36.7 Å². The van der Waals surface area contributed by atoms with Gasteiger partial charge in [0.05, 0.1) is 11.1 Å². The topological polar surface area (TPSA) is 62.2 Å². The highest BCUT2D eigenvalue weighted by Crippen LogP contribution is 2.51. The third-order valence-corrected chi connectivity index (χ3v) is 4.92. The molecule has 0 saturated heterocycles. The SMILES string of the molecule is CC12Cc3ccncc3C(C)(N1)c1cc(C(=O)O)ccc12. The van der Waals surface area contributed by atoms with Gasteiger partial charge in [0, 0.05) is 17.9 Å². The lowest BCUT2D eigenvalue weighted by Gasteiger charge is -2.39. The fourth-order valence-corrected chi connectivity index (χ4v) is 4.02. The first-order chi connectivity index (χ1) is 9.94. The summed E-state index contributed by atoms with van der Waals surface area (Å²) in [5.41, 5.74) is 4.46. The van der Waals surface area contributed by atoms with Crippen LogP contribution in [-0.2, 0) is 17.5 Å². The number of carboxylic acids is 1. The molecule has 2 atom stereocenters. The number of aromatic carboxylic acids is 1. The molecule has 1 aromatic carbocycles. The van der Waals surface area contributed by atoms with Gasteiger partial charge in [-0.25, -0.2) is 4.79 Å². The highest BCUT2D eigenvalue weighted by atomic mass is 16.4. The minimum atomic E-state index is -0.889. The maximum absolute atomic E-state index is 11.3. The minimum Gasteiger partial charge on any atom is -0.478 e. The van der Waals surface area contributed by atoms with Gasteiger partial charge in [-0.1, -0.05) is 6.07 Å². The van der Waals surface area contributed by atoms with Gasteiger partial charge in [-0.2, -0.15) is 0 Å². The van der Waals surface area contributed by atoms with E-state index in [4.69, 9.17) is 0 Å². The average molecular weight is 280 g/mol. The van der Waals surface area contributed by atoms with Crippen LogP contribution in [0.5, 0.6) is 0 Å². The highest BCUT2D eigenvalue weighted by Gasteiger charge is 2.52. The molecular formula is C17H16N2O2. The number of nitrogens with zero attached hydrogens (tertiary/aromatic N) is 1. The zero-order valence-corrected chi connectivity index (χ0v) is 12.0. The Bertz CT molecular complexity index is 786. The predicted molar refractivity (Wildman–Crippen MR) is 78.3 cm³/mol. The largest absolute Gasteiger partial charge is 0.478 e. The normalized spacial score (nSPS) is 28.9. The number of benzene rings is 1. The van der Waals surface area contributed by atoms with E-state index >= 15 is 0 Å². The summed E-state index contributed by atoms with van der Waals surface area (Å²) < 4.78 is 0. The highest BCUT2D eigenvalue weighted by molar-refractivity contribution is 5.88. The second-order valence-electron chi connectivity index (χ2n) is 6.36. The molecule has 2 aliphatic heterocycles. The summed E-state index contributed by atoms with van der Waals surface area (Å²) in [4.78, 5) is 15.5. The number of fused-ring (bicyclic) bond motifs is 7. The smallest absolute Gasteiger partial charge is 0.335 e. The Labute approximate surface area is 122 Å². The number of nitrogens with one attached hydrogen (secondary N) is 1. The van der Waals surface area contributed by atoms with Crippen LogP contribution in [0.4, 0.5) is 0 Å². The number of carbonyl (C=O) groups is 1. The van der Waals surface area contributed by atoms with Crippen LogP contribution in [0.3, 0.4) is 0 Å². The van der Waals surface area contributed by atoms with E-state index in [2.05, 4.69) is 30.2 Å². The molecule has 3 heterocycles. The van der Waals surface area contributed by atoms with Gasteiger partial charge in [0.25, 0.3) is 0 Å². The number of rotatable bonds is 1. The van der Waals surface area contributed by atoms with Gasteiger partial charge in [0.2, 0.25) is 0 Å². The molecule has 2 bridgehead atoms. The lowest BCUT2D eigenvalue weighted by Crippen LogP contribution is -2.50. The van der Waals surface area contributed by atoms with Crippen molar-refractivity contribution in [2.24, 2.45) is 0 Å². The summed E-state index contributed by atoms with van der Waals surface area (Å²) in [6.07, 6.45) is 4.61. The molecule has 106 valence electrons. The summed E-state index contributed by atoms with van der Waals surface area (Å²) in [6, 6.07) is 7.52. The van der Waals surface area contributed by atoms with Crippen molar-refractivity contribution in [3.05, 3.63) is 64.5 Å². The first-order valence-corrected chi connectivity index (χ1v) is 7.05. The number of hydrogen-bond donors (Lipinski definition) is 2. The monoisotopic (exact) mass is 280 g/mol. The lowest BCUT2D eigenvalue weighted by molar-refractivity contribution is 0.0696. The Morgan fingerprint density at radius 3 is 2.81 bits per heavy atom. The zero-order valence-electron chi connectivity index (χ0n) is 12.0. The summed E-state index contributed by atoms with van der Waals surface area (Å²) >= 11 is 0. The molecule has 4 rings (SSSR count). The van der Waals surface area contributed by atoms with Crippen LogP contribution in [0.2, 0.25) is 0 Å². The maximum atomic E-state index is 11.3. The van der Waals surface area contributed by atoms with Crippen molar-refractivity contribution in [3.8, 4) is 0 Å². The molecule has 4 nitrogen and oxygen atoms in total. The van der Waals surface area contributed by atoms with Crippen LogP contribution >= 0.6 is 0 Å². The number of carboxylic acid groups (broad SMARTS) is 1. The standard InChI is InChI=1S/C17H16N2O2/c1-16-8-11-5-6-18-9-14(11)17(2,19-16)13-7-10(15(20)21)3-4-12(13)16/h3-7,9,19H,8H2,1-2H3,(H,20,21). The van der Waals surface area contributed by atoms with Crippen LogP contribution in [0.25, 0.3) is 0 Å². The van der Waals surface area contributed by atoms with Gasteiger partial charge < -0.3 is 5.11 Å². The van der Waals surface area contributed by atoms with Gasteiger partial charge >= 0.3 is 5.97 Å². The van der Waals surface area contributed by atoms with Crippen molar-refractivity contribution in [1.82, 2.24) is 10.3 Å². The van der Waals surface area contributed by atoms with Crippen molar-refractivity contribution in [2.75, 3.05) is 0 Å². The van der Waals surface area contributed by atoms with E-state index in [0.29, 0.717) is 5.56 Å². The van der Waals surface area contributed by atoms with E-state index in [1.54, 1.807) is 12.1 Å². The van der Waals surface area contributed by atoms with Crippen molar-refractivity contribution >= 4 is 5.97 Å². The maximum Gasteiger partial charge on any atom is 0.335 e. The van der Waals surface area contributed by atoms with Crippen LogP contribution < -0.4 is 5.32 Å². The fraction of sp³-hybridized carbons (Fsp3) is 0.294. The molecule has 0 aliphatic carbocycles. The minimum absolute atomic E-state index is 0.157. The first kappa shape index (κ1) is 12.5. The van der Waals surface area contributed by atoms with E-state index in [0.717, 1.165) is 17.5 Å². The molecule has 0 fully saturated rings. The van der Waals surface area contributed by atoms with Gasteiger partial charge in [0.1, 0.15) is 0 Å². The molecule has 0 amide bonds. The fourth-order valence-electron chi connectivity index (χ4n) is 4.02. The third kappa shape index (κ3) is 1.48. The average Bonchev–Trinajstić information content (AvgIpc) is 2.64. The summed E-state index contributed by atoms with van der Waals surface area (Å²) in [6.45, 7) is 4.29. The molecule has 2 unspecified atom stereocenters. The number of aromatic nitrogens is 1. The summed E-state index contributed by atoms with van der Waals surface area (Å²) in [5, 5.41) is 13.0. The van der Waals surface area contributed by atoms with Crippen molar-refractivity contribution in [3.63, 3.8) is 0 Å². The number of hydrogen-bond acceptors (Lipinski definition) is 3. The van der Waals surface area contributed by atoms with Crippen molar-refractivity contribution in [1.29, 1.82) is 0 Å². The van der Waals surface area contributed by atoms with Gasteiger partial charge in [-0.15, -0.1) is 0 Å². The molecule has 2 aromatic rings. The number of pyridine rings is 1. The van der Waals surface area contributed by atoms with Gasteiger partial charge in [-0.05, 0) is 60.7 Å².